The van der Waals surface area contributed by atoms with Gasteiger partial charge in [0.1, 0.15) is 0 Å². The van der Waals surface area contributed by atoms with E-state index in [0.717, 1.165) is 16.7 Å². The molecule has 4 nitrogen and oxygen atoms in total. The van der Waals surface area contributed by atoms with Crippen LogP contribution in [0.2, 0.25) is 0 Å². The summed E-state index contributed by atoms with van der Waals surface area (Å²) in [6, 6.07) is 5.56. The Labute approximate surface area is 82.8 Å². The molecular weight excluding hydrogens is 203 g/mol. The smallest absolute Gasteiger partial charge is 0.303 e. The molecule has 78 valence electrons. The number of phosphoric ester groups is 1. The first-order valence-corrected chi connectivity index (χ1v) is 5.68. The molecule has 2 N–H and O–H groups in total. The van der Waals surface area contributed by atoms with Gasteiger partial charge in [0.2, 0.25) is 0 Å². The second-order valence-electron chi connectivity index (χ2n) is 3.12. The molecule has 0 saturated heterocycles. The van der Waals surface area contributed by atoms with Crippen molar-refractivity contribution in [2.75, 3.05) is 0 Å². The van der Waals surface area contributed by atoms with Crippen LogP contribution in [-0.2, 0) is 15.7 Å². The first-order valence-electron chi connectivity index (χ1n) is 4.15. The predicted molar refractivity (Wildman–Crippen MR) is 52.7 cm³/mol. The zero-order chi connectivity index (χ0) is 10.8. The third-order valence-electron chi connectivity index (χ3n) is 2.11. The van der Waals surface area contributed by atoms with Gasteiger partial charge in [-0.3, -0.25) is 4.52 Å². The van der Waals surface area contributed by atoms with Crippen LogP contribution in [0.15, 0.2) is 18.2 Å². The topological polar surface area (TPSA) is 66.8 Å². The fourth-order valence-electron chi connectivity index (χ4n) is 1.12. The third-order valence-corrected chi connectivity index (χ3v) is 2.57. The van der Waals surface area contributed by atoms with Crippen molar-refractivity contribution in [1.82, 2.24) is 0 Å². The Morgan fingerprint density at radius 3 is 2.57 bits per heavy atom. The van der Waals surface area contributed by atoms with E-state index in [1.54, 1.807) is 6.07 Å². The zero-order valence-electron chi connectivity index (χ0n) is 8.10. The Bertz CT molecular complexity index is 369. The summed E-state index contributed by atoms with van der Waals surface area (Å²) in [5, 5.41) is 0. The lowest BCUT2D eigenvalue weighted by atomic mass is 10.0. The highest BCUT2D eigenvalue weighted by atomic mass is 31.2. The van der Waals surface area contributed by atoms with Crippen LogP contribution in [0.1, 0.15) is 16.7 Å². The molecule has 0 saturated carbocycles. The van der Waals surface area contributed by atoms with Crippen molar-refractivity contribution < 1.29 is 18.9 Å². The molecule has 0 fully saturated rings. The van der Waals surface area contributed by atoms with Gasteiger partial charge >= 0.3 is 7.82 Å². The fraction of sp³-hybridized carbons (Fsp3) is 0.333. The molecule has 0 aliphatic carbocycles. The minimum absolute atomic E-state index is 0.0577. The van der Waals surface area contributed by atoms with Crippen LogP contribution < -0.4 is 0 Å². The Kier molecular flexibility index (Phi) is 3.45. The molecule has 0 amide bonds. The maximum atomic E-state index is 10.5. The van der Waals surface area contributed by atoms with Crippen LogP contribution in [0.25, 0.3) is 0 Å². The first kappa shape index (κ1) is 11.4. The van der Waals surface area contributed by atoms with Gasteiger partial charge in [-0.2, -0.15) is 0 Å². The molecule has 5 heteroatoms. The van der Waals surface area contributed by atoms with Crippen molar-refractivity contribution in [2.45, 2.75) is 20.5 Å². The summed E-state index contributed by atoms with van der Waals surface area (Å²) < 4.78 is 14.9. The van der Waals surface area contributed by atoms with E-state index in [2.05, 4.69) is 4.52 Å². The summed E-state index contributed by atoms with van der Waals surface area (Å²) in [5.41, 5.74) is 2.88. The molecule has 0 aliphatic heterocycles. The number of benzene rings is 1. The van der Waals surface area contributed by atoms with E-state index in [1.807, 2.05) is 26.0 Å². The molecule has 0 atom stereocenters. The first-order chi connectivity index (χ1) is 6.40. The SMILES string of the molecule is Cc1cccc(COP(=O)(O)O)c1C. The molecule has 14 heavy (non-hydrogen) atoms. The normalized spacial score (nSPS) is 11.7. The highest BCUT2D eigenvalue weighted by molar-refractivity contribution is 7.46. The molecule has 0 spiro atoms. The quantitative estimate of drug-likeness (QED) is 0.757. The lowest BCUT2D eigenvalue weighted by Crippen LogP contribution is -1.95. The van der Waals surface area contributed by atoms with Gasteiger partial charge in [-0.1, -0.05) is 18.2 Å². The third kappa shape index (κ3) is 3.24. The van der Waals surface area contributed by atoms with Gasteiger partial charge in [-0.25, -0.2) is 4.57 Å². The average Bonchev–Trinajstić information content (AvgIpc) is 2.06. The Morgan fingerprint density at radius 2 is 2.00 bits per heavy atom. The largest absolute Gasteiger partial charge is 0.469 e. The Morgan fingerprint density at radius 1 is 1.36 bits per heavy atom. The van der Waals surface area contributed by atoms with E-state index >= 15 is 0 Å². The van der Waals surface area contributed by atoms with Crippen LogP contribution in [0.3, 0.4) is 0 Å². The van der Waals surface area contributed by atoms with Crippen molar-refractivity contribution in [2.24, 2.45) is 0 Å². The van der Waals surface area contributed by atoms with E-state index in [4.69, 9.17) is 9.79 Å². The van der Waals surface area contributed by atoms with Crippen LogP contribution in [0, 0.1) is 13.8 Å². The van der Waals surface area contributed by atoms with E-state index in [1.165, 1.54) is 0 Å². The minimum atomic E-state index is -4.37. The summed E-state index contributed by atoms with van der Waals surface area (Å²) in [4.78, 5) is 17.1. The highest BCUT2D eigenvalue weighted by Gasteiger charge is 2.14. The van der Waals surface area contributed by atoms with Crippen LogP contribution >= 0.6 is 7.82 Å². The molecule has 0 radical (unpaired) electrons. The molecule has 0 heterocycles. The number of rotatable bonds is 3. The Balaban J connectivity index is 2.78. The molecule has 1 rings (SSSR count). The second kappa shape index (κ2) is 4.24. The lowest BCUT2D eigenvalue weighted by molar-refractivity contribution is 0.188. The van der Waals surface area contributed by atoms with Crippen molar-refractivity contribution >= 4 is 7.82 Å². The van der Waals surface area contributed by atoms with Crippen molar-refractivity contribution in [3.05, 3.63) is 34.9 Å². The van der Waals surface area contributed by atoms with Crippen molar-refractivity contribution in [3.63, 3.8) is 0 Å². The number of hydrogen-bond donors (Lipinski definition) is 2. The number of phosphoric acid groups is 1. The summed E-state index contributed by atoms with van der Waals surface area (Å²) in [5.74, 6) is 0. The summed E-state index contributed by atoms with van der Waals surface area (Å²) in [7, 11) is -4.37. The summed E-state index contributed by atoms with van der Waals surface area (Å²) in [6.07, 6.45) is 0. The fourth-order valence-corrected chi connectivity index (χ4v) is 1.43. The summed E-state index contributed by atoms with van der Waals surface area (Å²) >= 11 is 0. The van der Waals surface area contributed by atoms with Gasteiger partial charge in [-0.15, -0.1) is 0 Å². The van der Waals surface area contributed by atoms with Gasteiger partial charge in [0, 0.05) is 0 Å². The molecule has 0 aliphatic rings. The average molecular weight is 216 g/mol. The highest BCUT2D eigenvalue weighted by Crippen LogP contribution is 2.37. The van der Waals surface area contributed by atoms with Gasteiger partial charge in [0.05, 0.1) is 6.61 Å². The molecule has 0 aromatic heterocycles. The molecule has 1 aromatic carbocycles. The number of hydrogen-bond acceptors (Lipinski definition) is 2. The van der Waals surface area contributed by atoms with Gasteiger partial charge < -0.3 is 9.79 Å². The van der Waals surface area contributed by atoms with Gasteiger partial charge in [-0.05, 0) is 30.5 Å². The van der Waals surface area contributed by atoms with Crippen LogP contribution in [0.4, 0.5) is 0 Å². The van der Waals surface area contributed by atoms with E-state index in [0.29, 0.717) is 0 Å². The van der Waals surface area contributed by atoms with Crippen LogP contribution in [-0.4, -0.2) is 9.79 Å². The standard InChI is InChI=1S/C9H13O4P/c1-7-4-3-5-9(8(7)2)6-13-14(10,11)12/h3-5H,6H2,1-2H3,(H2,10,11,12). The second-order valence-corrected chi connectivity index (χ2v) is 4.36. The van der Waals surface area contributed by atoms with Gasteiger partial charge in [0.25, 0.3) is 0 Å². The maximum absolute atomic E-state index is 10.5. The molecular formula is C9H13O4P. The molecule has 0 unspecified atom stereocenters. The monoisotopic (exact) mass is 216 g/mol. The molecule has 0 bridgehead atoms. The minimum Gasteiger partial charge on any atom is -0.303 e. The summed E-state index contributed by atoms with van der Waals surface area (Å²) in [6.45, 7) is 3.78. The van der Waals surface area contributed by atoms with Crippen molar-refractivity contribution in [3.8, 4) is 0 Å². The molecule has 1 aromatic rings. The number of aryl methyl sites for hydroxylation is 1. The maximum Gasteiger partial charge on any atom is 0.469 e. The van der Waals surface area contributed by atoms with Crippen molar-refractivity contribution in [1.29, 1.82) is 0 Å². The van der Waals surface area contributed by atoms with E-state index < -0.39 is 7.82 Å². The Hall–Kier alpha value is -0.670. The van der Waals surface area contributed by atoms with E-state index in [9.17, 15) is 4.57 Å². The lowest BCUT2D eigenvalue weighted by Gasteiger charge is -2.09. The van der Waals surface area contributed by atoms with Gasteiger partial charge in [0.15, 0.2) is 0 Å². The zero-order valence-corrected chi connectivity index (χ0v) is 8.99. The predicted octanol–water partition coefficient (Wildman–Crippen LogP) is 1.91. The van der Waals surface area contributed by atoms with E-state index in [-0.39, 0.29) is 6.61 Å². The van der Waals surface area contributed by atoms with Crippen LogP contribution in [0.5, 0.6) is 0 Å².